The molecule has 0 unspecified atom stereocenters. The van der Waals surface area contributed by atoms with Gasteiger partial charge in [-0.15, -0.1) is 0 Å². The van der Waals surface area contributed by atoms with E-state index < -0.39 is 5.91 Å². The van der Waals surface area contributed by atoms with E-state index in [1.807, 2.05) is 36.4 Å². The topological polar surface area (TPSA) is 76.2 Å². The highest BCUT2D eigenvalue weighted by Crippen LogP contribution is 2.21. The first-order valence-corrected chi connectivity index (χ1v) is 6.80. The zero-order chi connectivity index (χ0) is 15.5. The summed E-state index contributed by atoms with van der Waals surface area (Å²) in [6.07, 6.45) is 1.65. The Balaban J connectivity index is 2.08. The van der Waals surface area contributed by atoms with Crippen LogP contribution >= 0.6 is 0 Å². The van der Waals surface area contributed by atoms with Crippen LogP contribution in [0.15, 0.2) is 60.7 Å². The number of rotatable bonds is 3. The van der Waals surface area contributed by atoms with Gasteiger partial charge in [0.15, 0.2) is 0 Å². The summed E-state index contributed by atoms with van der Waals surface area (Å²) in [7, 11) is 0. The lowest BCUT2D eigenvalue weighted by Crippen LogP contribution is -2.12. The molecule has 2 aromatic carbocycles. The average Bonchev–Trinajstić information content (AvgIpc) is 2.53. The molecule has 0 radical (unpaired) electrons. The monoisotopic (exact) mass is 290 g/mol. The van der Waals surface area contributed by atoms with Crippen molar-refractivity contribution in [3.05, 3.63) is 71.9 Å². The summed E-state index contributed by atoms with van der Waals surface area (Å²) in [5, 5.41) is 10.4. The number of hydrogen-bond acceptors (Lipinski definition) is 3. The number of hydrogen-bond donors (Lipinski definition) is 2. The molecular formula is C18H14N2O2. The minimum atomic E-state index is -0.541. The second-order valence-corrected chi connectivity index (χ2v) is 4.90. The van der Waals surface area contributed by atoms with Crippen LogP contribution in [0.1, 0.15) is 11.3 Å². The smallest absolute Gasteiger partial charge is 0.249 e. The van der Waals surface area contributed by atoms with Crippen molar-refractivity contribution in [2.24, 2.45) is 5.73 Å². The molecule has 1 aromatic heterocycles. The molecule has 4 heteroatoms. The lowest BCUT2D eigenvalue weighted by atomic mass is 10.0. The Hall–Kier alpha value is -3.14. The maximum Gasteiger partial charge on any atom is 0.249 e. The van der Waals surface area contributed by atoms with Gasteiger partial charge < -0.3 is 10.8 Å². The number of pyridine rings is 1. The molecule has 0 aliphatic heterocycles. The van der Waals surface area contributed by atoms with Crippen molar-refractivity contribution in [2.75, 3.05) is 0 Å². The number of nitrogens with two attached hydrogens (primary N) is 1. The number of carbonyl (C=O) groups excluding carboxylic acids is 1. The fourth-order valence-corrected chi connectivity index (χ4v) is 2.25. The summed E-state index contributed by atoms with van der Waals surface area (Å²) < 4.78 is 0. The summed E-state index contributed by atoms with van der Waals surface area (Å²) in [6, 6.07) is 17.9. The van der Waals surface area contributed by atoms with E-state index in [2.05, 4.69) is 4.98 Å². The van der Waals surface area contributed by atoms with Crippen LogP contribution in [0.5, 0.6) is 5.75 Å². The molecule has 1 amide bonds. The number of nitrogens with zero attached hydrogens (tertiary/aromatic N) is 1. The molecule has 3 aromatic rings. The number of benzene rings is 2. The lowest BCUT2D eigenvalue weighted by Gasteiger charge is -2.05. The molecule has 0 aliphatic carbocycles. The summed E-state index contributed by atoms with van der Waals surface area (Å²) in [5.74, 6) is -0.406. The second-order valence-electron chi connectivity index (χ2n) is 4.90. The van der Waals surface area contributed by atoms with Crippen molar-refractivity contribution in [2.45, 2.75) is 0 Å². The lowest BCUT2D eigenvalue weighted by molar-refractivity contribution is -0.112. The standard InChI is InChI=1S/C18H14N2O2/c19-18(22)16(12-6-9-15(21)10-7-12)11-14-8-5-13-3-1-2-4-17(13)20-14/h1-11,21H,(H2,19,22). The molecule has 3 N–H and O–H groups in total. The van der Waals surface area contributed by atoms with Gasteiger partial charge in [0.25, 0.3) is 0 Å². The highest BCUT2D eigenvalue weighted by atomic mass is 16.3. The Morgan fingerprint density at radius 1 is 1.00 bits per heavy atom. The van der Waals surface area contributed by atoms with Crippen LogP contribution < -0.4 is 5.73 Å². The number of phenols is 1. The van der Waals surface area contributed by atoms with E-state index in [4.69, 9.17) is 5.73 Å². The predicted octanol–water partition coefficient (Wildman–Crippen LogP) is 2.97. The van der Waals surface area contributed by atoms with Gasteiger partial charge >= 0.3 is 0 Å². The van der Waals surface area contributed by atoms with E-state index in [1.54, 1.807) is 18.2 Å². The second kappa shape index (κ2) is 5.69. The van der Waals surface area contributed by atoms with Crippen molar-refractivity contribution in [3.8, 4) is 5.75 Å². The normalized spacial score (nSPS) is 11.5. The number of fused-ring (bicyclic) bond motifs is 1. The first kappa shape index (κ1) is 13.8. The molecule has 4 nitrogen and oxygen atoms in total. The molecule has 0 fully saturated rings. The molecule has 0 spiro atoms. The average molecular weight is 290 g/mol. The molecule has 0 saturated carbocycles. The third-order valence-corrected chi connectivity index (χ3v) is 3.36. The zero-order valence-electron chi connectivity index (χ0n) is 11.7. The van der Waals surface area contributed by atoms with E-state index in [-0.39, 0.29) is 5.75 Å². The third kappa shape index (κ3) is 2.81. The fourth-order valence-electron chi connectivity index (χ4n) is 2.25. The first-order chi connectivity index (χ1) is 10.6. The fraction of sp³-hybridized carbons (Fsp3) is 0. The van der Waals surface area contributed by atoms with Gasteiger partial charge in [-0.2, -0.15) is 0 Å². The van der Waals surface area contributed by atoms with Crippen molar-refractivity contribution in [3.63, 3.8) is 0 Å². The van der Waals surface area contributed by atoms with E-state index in [9.17, 15) is 9.90 Å². The van der Waals surface area contributed by atoms with E-state index in [0.717, 1.165) is 10.9 Å². The minimum absolute atomic E-state index is 0.136. The van der Waals surface area contributed by atoms with Crippen LogP contribution in [-0.2, 0) is 4.79 Å². The molecule has 0 saturated heterocycles. The molecule has 22 heavy (non-hydrogen) atoms. The largest absolute Gasteiger partial charge is 0.508 e. The van der Waals surface area contributed by atoms with Gasteiger partial charge in [-0.25, -0.2) is 4.98 Å². The van der Waals surface area contributed by atoms with Crippen molar-refractivity contribution < 1.29 is 9.90 Å². The van der Waals surface area contributed by atoms with Crippen LogP contribution in [0.2, 0.25) is 0 Å². The van der Waals surface area contributed by atoms with Crippen LogP contribution in [0.4, 0.5) is 0 Å². The van der Waals surface area contributed by atoms with Gasteiger partial charge in [0.2, 0.25) is 5.91 Å². The Kier molecular flexibility index (Phi) is 3.58. The van der Waals surface area contributed by atoms with E-state index in [1.165, 1.54) is 12.1 Å². The number of amides is 1. The van der Waals surface area contributed by atoms with Gasteiger partial charge in [-0.3, -0.25) is 4.79 Å². The Morgan fingerprint density at radius 3 is 2.45 bits per heavy atom. The summed E-state index contributed by atoms with van der Waals surface area (Å²) in [5.41, 5.74) is 7.96. The first-order valence-electron chi connectivity index (χ1n) is 6.80. The molecule has 0 atom stereocenters. The minimum Gasteiger partial charge on any atom is -0.508 e. The Labute approximate surface area is 127 Å². The summed E-state index contributed by atoms with van der Waals surface area (Å²) >= 11 is 0. The predicted molar refractivity (Wildman–Crippen MR) is 86.9 cm³/mol. The van der Waals surface area contributed by atoms with Gasteiger partial charge in [0.05, 0.1) is 11.2 Å². The Bertz CT molecular complexity index is 868. The highest BCUT2D eigenvalue weighted by molar-refractivity contribution is 6.23. The van der Waals surface area contributed by atoms with Gasteiger partial charge in [0.1, 0.15) is 5.75 Å². The van der Waals surface area contributed by atoms with Gasteiger partial charge in [-0.1, -0.05) is 36.4 Å². The SMILES string of the molecule is NC(=O)C(=Cc1ccc2ccccc2n1)c1ccc(O)cc1. The van der Waals surface area contributed by atoms with Gasteiger partial charge in [-0.05, 0) is 35.9 Å². The Morgan fingerprint density at radius 2 is 1.73 bits per heavy atom. The van der Waals surface area contributed by atoms with Crippen molar-refractivity contribution >= 4 is 28.5 Å². The number of aromatic nitrogens is 1. The highest BCUT2D eigenvalue weighted by Gasteiger charge is 2.09. The molecule has 1 heterocycles. The molecule has 0 aliphatic rings. The number of para-hydroxylation sites is 1. The number of carbonyl (C=O) groups is 1. The van der Waals surface area contributed by atoms with Crippen LogP contribution in [0.3, 0.4) is 0 Å². The molecule has 3 rings (SSSR count). The van der Waals surface area contributed by atoms with Crippen molar-refractivity contribution in [1.82, 2.24) is 4.98 Å². The van der Waals surface area contributed by atoms with Crippen molar-refractivity contribution in [1.29, 1.82) is 0 Å². The molecular weight excluding hydrogens is 276 g/mol. The quantitative estimate of drug-likeness (QED) is 0.728. The molecule has 0 bridgehead atoms. The maximum atomic E-state index is 11.7. The summed E-state index contributed by atoms with van der Waals surface area (Å²) in [6.45, 7) is 0. The molecule has 108 valence electrons. The van der Waals surface area contributed by atoms with E-state index in [0.29, 0.717) is 16.8 Å². The zero-order valence-corrected chi connectivity index (χ0v) is 11.7. The van der Waals surface area contributed by atoms with E-state index >= 15 is 0 Å². The summed E-state index contributed by atoms with van der Waals surface area (Å²) in [4.78, 5) is 16.2. The van der Waals surface area contributed by atoms with Crippen LogP contribution in [0, 0.1) is 0 Å². The van der Waals surface area contributed by atoms with Gasteiger partial charge in [0, 0.05) is 11.0 Å². The number of aromatic hydroxyl groups is 1. The van der Waals surface area contributed by atoms with Crippen LogP contribution in [-0.4, -0.2) is 16.0 Å². The maximum absolute atomic E-state index is 11.7. The number of phenolic OH excluding ortho intramolecular Hbond substituents is 1. The third-order valence-electron chi connectivity index (χ3n) is 3.36. The number of primary amides is 1. The van der Waals surface area contributed by atoms with Crippen LogP contribution in [0.25, 0.3) is 22.6 Å².